The lowest BCUT2D eigenvalue weighted by atomic mass is 10.1. The topological polar surface area (TPSA) is 65.4 Å². The van der Waals surface area contributed by atoms with Crippen LogP contribution >= 0.6 is 34.8 Å². The molecule has 0 spiro atoms. The van der Waals surface area contributed by atoms with E-state index in [1.54, 1.807) is 42.3 Å². The number of hydrogen-bond acceptors (Lipinski definition) is 4. The molecule has 0 bridgehead atoms. The van der Waals surface area contributed by atoms with Crippen molar-refractivity contribution < 1.29 is 14.3 Å². The number of hydrogen-bond donors (Lipinski definition) is 1. The van der Waals surface area contributed by atoms with Crippen molar-refractivity contribution in [3.8, 4) is 11.5 Å². The van der Waals surface area contributed by atoms with Crippen LogP contribution in [0.4, 0.5) is 5.82 Å². The van der Waals surface area contributed by atoms with E-state index in [9.17, 15) is 4.79 Å². The van der Waals surface area contributed by atoms with Crippen LogP contribution in [0.1, 0.15) is 22.3 Å². The second-order valence-corrected chi connectivity index (χ2v) is 9.44. The number of anilines is 1. The zero-order valence-electron chi connectivity index (χ0n) is 20.2. The summed E-state index contributed by atoms with van der Waals surface area (Å²) in [6.07, 6.45) is 4.71. The largest absolute Gasteiger partial charge is 0.496 e. The summed E-state index contributed by atoms with van der Waals surface area (Å²) in [7, 11) is 1.61. The average molecular weight is 557 g/mol. The van der Waals surface area contributed by atoms with Crippen LogP contribution in [0.3, 0.4) is 0 Å². The van der Waals surface area contributed by atoms with Crippen LogP contribution in [0, 0.1) is 6.92 Å². The molecule has 6 nitrogen and oxygen atoms in total. The number of aromatic nitrogens is 2. The van der Waals surface area contributed by atoms with Gasteiger partial charge in [0.05, 0.1) is 13.7 Å². The lowest BCUT2D eigenvalue weighted by Gasteiger charge is -2.11. The van der Waals surface area contributed by atoms with Crippen LogP contribution in [-0.2, 0) is 17.9 Å². The van der Waals surface area contributed by atoms with E-state index in [1.165, 1.54) is 6.08 Å². The lowest BCUT2D eigenvalue weighted by Crippen LogP contribution is -2.10. The Balaban J connectivity index is 1.42. The molecule has 0 aliphatic heterocycles. The number of ether oxygens (including phenoxy) is 2. The van der Waals surface area contributed by atoms with Crippen molar-refractivity contribution in [1.82, 2.24) is 9.78 Å². The minimum atomic E-state index is -0.378. The number of amides is 1. The third-order valence-corrected chi connectivity index (χ3v) is 6.44. The zero-order valence-corrected chi connectivity index (χ0v) is 22.4. The quantitative estimate of drug-likeness (QED) is 0.218. The van der Waals surface area contributed by atoms with Gasteiger partial charge in [0.1, 0.15) is 23.1 Å². The first-order valence-corrected chi connectivity index (χ1v) is 12.5. The highest BCUT2D eigenvalue weighted by Crippen LogP contribution is 2.27. The maximum absolute atomic E-state index is 12.6. The van der Waals surface area contributed by atoms with E-state index >= 15 is 0 Å². The summed E-state index contributed by atoms with van der Waals surface area (Å²) in [5, 5.41) is 8.39. The van der Waals surface area contributed by atoms with Gasteiger partial charge in [-0.05, 0) is 60.5 Å². The Bertz CT molecular complexity index is 1430. The Morgan fingerprint density at radius 1 is 1.03 bits per heavy atom. The van der Waals surface area contributed by atoms with Crippen molar-refractivity contribution in [2.75, 3.05) is 12.4 Å². The Labute approximate surface area is 230 Å². The molecule has 0 saturated carbocycles. The van der Waals surface area contributed by atoms with Gasteiger partial charge in [-0.25, -0.2) is 0 Å². The Morgan fingerprint density at radius 3 is 2.51 bits per heavy atom. The minimum absolute atomic E-state index is 0.237. The summed E-state index contributed by atoms with van der Waals surface area (Å²) in [4.78, 5) is 12.6. The Hall–Kier alpha value is -3.45. The van der Waals surface area contributed by atoms with Crippen LogP contribution in [0.15, 0.2) is 72.9 Å². The van der Waals surface area contributed by atoms with Gasteiger partial charge in [0.25, 0.3) is 0 Å². The van der Waals surface area contributed by atoms with Gasteiger partial charge in [-0.1, -0.05) is 59.1 Å². The van der Waals surface area contributed by atoms with Gasteiger partial charge in [-0.3, -0.25) is 9.48 Å². The zero-order chi connectivity index (χ0) is 26.4. The first-order chi connectivity index (χ1) is 17.8. The molecule has 1 amide bonds. The van der Waals surface area contributed by atoms with Gasteiger partial charge in [0.2, 0.25) is 5.91 Å². The summed E-state index contributed by atoms with van der Waals surface area (Å²) in [5.41, 5.74) is 3.49. The molecule has 1 N–H and O–H groups in total. The van der Waals surface area contributed by atoms with Crippen LogP contribution in [0.5, 0.6) is 11.5 Å². The Morgan fingerprint density at radius 2 is 1.78 bits per heavy atom. The molecule has 1 aromatic heterocycles. The van der Waals surface area contributed by atoms with E-state index in [1.807, 2.05) is 49.4 Å². The van der Waals surface area contributed by atoms with E-state index in [4.69, 9.17) is 44.3 Å². The molecule has 4 aromatic rings. The van der Waals surface area contributed by atoms with Gasteiger partial charge < -0.3 is 14.8 Å². The highest BCUT2D eigenvalue weighted by Gasteiger charge is 2.12. The van der Waals surface area contributed by atoms with Crippen LogP contribution in [-0.4, -0.2) is 22.8 Å². The fraction of sp³-hybridized carbons (Fsp3) is 0.143. The maximum Gasteiger partial charge on any atom is 0.249 e. The molecule has 190 valence electrons. The molecule has 3 aromatic carbocycles. The van der Waals surface area contributed by atoms with E-state index in [0.29, 0.717) is 39.5 Å². The second-order valence-electron chi connectivity index (χ2n) is 8.22. The first kappa shape index (κ1) is 26.6. The first-order valence-electron chi connectivity index (χ1n) is 11.3. The molecule has 0 saturated heterocycles. The molecule has 0 fully saturated rings. The molecular formula is C28H24Cl3N3O3. The van der Waals surface area contributed by atoms with Crippen molar-refractivity contribution in [2.45, 2.75) is 20.1 Å². The fourth-order valence-electron chi connectivity index (χ4n) is 3.62. The number of halogens is 3. The number of nitrogens with zero attached hydrogens (tertiary/aromatic N) is 2. The van der Waals surface area contributed by atoms with Crippen molar-refractivity contribution >= 4 is 52.6 Å². The third-order valence-electron chi connectivity index (χ3n) is 5.46. The molecule has 0 radical (unpaired) electrons. The van der Waals surface area contributed by atoms with E-state index < -0.39 is 0 Å². The van der Waals surface area contributed by atoms with Crippen LogP contribution < -0.4 is 14.8 Å². The standard InChI is InChI=1S/C28H24Cl3N3O3/c1-18-5-3-6-21(13-18)37-17-20-14-19(9-11-26(20)36-2)10-12-27(35)32-28-25(31)16-34(33-28)15-22-23(29)7-4-8-24(22)30/h3-14,16H,15,17H2,1-2H3,(H,32,33,35)/b12-10+. The van der Waals surface area contributed by atoms with Crippen molar-refractivity contribution in [2.24, 2.45) is 0 Å². The van der Waals surface area contributed by atoms with Crippen LogP contribution in [0.25, 0.3) is 6.08 Å². The highest BCUT2D eigenvalue weighted by molar-refractivity contribution is 6.36. The van der Waals surface area contributed by atoms with Gasteiger partial charge in [-0.2, -0.15) is 5.10 Å². The molecule has 0 unspecified atom stereocenters. The summed E-state index contributed by atoms with van der Waals surface area (Å²) in [5.74, 6) is 1.33. The molecule has 4 rings (SSSR count). The predicted octanol–water partition coefficient (Wildman–Crippen LogP) is 7.44. The average Bonchev–Trinajstić information content (AvgIpc) is 3.22. The number of aryl methyl sites for hydroxylation is 1. The molecule has 0 atom stereocenters. The van der Waals surface area contributed by atoms with E-state index in [0.717, 1.165) is 22.4 Å². The minimum Gasteiger partial charge on any atom is -0.496 e. The summed E-state index contributed by atoms with van der Waals surface area (Å²) in [6.45, 7) is 2.64. The Kier molecular flexibility index (Phi) is 8.77. The van der Waals surface area contributed by atoms with E-state index in [-0.39, 0.29) is 11.7 Å². The number of benzene rings is 3. The number of carbonyl (C=O) groups is 1. The molecule has 0 aliphatic carbocycles. The molecule has 1 heterocycles. The fourth-order valence-corrected chi connectivity index (χ4v) is 4.33. The number of carbonyl (C=O) groups excluding carboxylic acids is 1. The lowest BCUT2D eigenvalue weighted by molar-refractivity contribution is -0.111. The van der Waals surface area contributed by atoms with Crippen molar-refractivity contribution in [3.63, 3.8) is 0 Å². The predicted molar refractivity (Wildman–Crippen MR) is 149 cm³/mol. The molecule has 9 heteroatoms. The highest BCUT2D eigenvalue weighted by atomic mass is 35.5. The molecular weight excluding hydrogens is 533 g/mol. The summed E-state index contributed by atoms with van der Waals surface area (Å²) < 4.78 is 13.0. The number of methoxy groups -OCH3 is 1. The monoisotopic (exact) mass is 555 g/mol. The van der Waals surface area contributed by atoms with Gasteiger partial charge in [0, 0.05) is 33.4 Å². The summed E-state index contributed by atoms with van der Waals surface area (Å²) >= 11 is 18.8. The molecule has 37 heavy (non-hydrogen) atoms. The molecule has 0 aliphatic rings. The third kappa shape index (κ3) is 7.07. The SMILES string of the molecule is COc1ccc(/C=C/C(=O)Nc2nn(Cc3c(Cl)cccc3Cl)cc2Cl)cc1COc1cccc(C)c1. The number of rotatable bonds is 9. The van der Waals surface area contributed by atoms with E-state index in [2.05, 4.69) is 10.4 Å². The van der Waals surface area contributed by atoms with Gasteiger partial charge in [-0.15, -0.1) is 0 Å². The van der Waals surface area contributed by atoms with Crippen molar-refractivity contribution in [3.05, 3.63) is 110 Å². The smallest absolute Gasteiger partial charge is 0.249 e. The van der Waals surface area contributed by atoms with Gasteiger partial charge >= 0.3 is 0 Å². The summed E-state index contributed by atoms with van der Waals surface area (Å²) in [6, 6.07) is 18.7. The van der Waals surface area contributed by atoms with Crippen LogP contribution in [0.2, 0.25) is 15.1 Å². The van der Waals surface area contributed by atoms with Gasteiger partial charge in [0.15, 0.2) is 5.82 Å². The maximum atomic E-state index is 12.6. The normalized spacial score (nSPS) is 11.1. The van der Waals surface area contributed by atoms with Crippen molar-refractivity contribution in [1.29, 1.82) is 0 Å². The second kappa shape index (κ2) is 12.2. The number of nitrogens with one attached hydrogen (secondary N) is 1.